The van der Waals surface area contributed by atoms with Gasteiger partial charge in [0.05, 0.1) is 0 Å². The maximum absolute atomic E-state index is 12.1. The van der Waals surface area contributed by atoms with Crippen molar-refractivity contribution in [1.82, 2.24) is 10.6 Å². The molecule has 114 valence electrons. The second-order valence-electron chi connectivity index (χ2n) is 4.89. The minimum Gasteiger partial charge on any atom is -0.485 e. The van der Waals surface area contributed by atoms with Gasteiger partial charge >= 0.3 is 0 Å². The summed E-state index contributed by atoms with van der Waals surface area (Å²) in [4.78, 5) is 23.8. The Bertz CT molecular complexity index is 518. The lowest BCUT2D eigenvalue weighted by Crippen LogP contribution is -2.51. The number of fused-ring (bicyclic) bond motifs is 1. The molecule has 0 aromatic heterocycles. The summed E-state index contributed by atoms with van der Waals surface area (Å²) in [5.74, 6) is 0.591. The van der Waals surface area contributed by atoms with Gasteiger partial charge in [0.25, 0.3) is 5.91 Å². The molecule has 0 saturated carbocycles. The van der Waals surface area contributed by atoms with E-state index in [9.17, 15) is 9.59 Å². The molecule has 1 heterocycles. The molecule has 2 N–H and O–H groups in total. The molecule has 0 spiro atoms. The Morgan fingerprint density at radius 1 is 1.33 bits per heavy atom. The first-order valence-corrected chi connectivity index (χ1v) is 7.08. The monoisotopic (exact) mass is 292 g/mol. The Balaban J connectivity index is 1.88. The maximum Gasteiger partial charge on any atom is 0.265 e. The molecular formula is C15H20N2O4. The van der Waals surface area contributed by atoms with E-state index in [1.807, 2.05) is 19.1 Å². The van der Waals surface area contributed by atoms with E-state index in [0.717, 1.165) is 6.42 Å². The van der Waals surface area contributed by atoms with Gasteiger partial charge in [0.1, 0.15) is 12.6 Å². The van der Waals surface area contributed by atoms with E-state index in [-0.39, 0.29) is 18.4 Å². The van der Waals surface area contributed by atoms with Gasteiger partial charge in [-0.3, -0.25) is 9.59 Å². The van der Waals surface area contributed by atoms with Crippen LogP contribution in [0.3, 0.4) is 0 Å². The molecule has 0 unspecified atom stereocenters. The van der Waals surface area contributed by atoms with Crippen LogP contribution >= 0.6 is 0 Å². The average molecular weight is 292 g/mol. The molecule has 0 radical (unpaired) electrons. The van der Waals surface area contributed by atoms with Gasteiger partial charge in [0.2, 0.25) is 12.0 Å². The van der Waals surface area contributed by atoms with Gasteiger partial charge in [-0.05, 0) is 25.5 Å². The number of hydrogen-bond donors (Lipinski definition) is 2. The largest absolute Gasteiger partial charge is 0.485 e. The lowest BCUT2D eigenvalue weighted by molar-refractivity contribution is -0.134. The van der Waals surface area contributed by atoms with Gasteiger partial charge in [-0.25, -0.2) is 0 Å². The average Bonchev–Trinajstić information content (AvgIpc) is 2.51. The Hall–Kier alpha value is -2.24. The minimum atomic E-state index is -0.749. The van der Waals surface area contributed by atoms with Crippen molar-refractivity contribution in [1.29, 1.82) is 0 Å². The van der Waals surface area contributed by atoms with Crippen LogP contribution in [-0.4, -0.2) is 37.1 Å². The maximum atomic E-state index is 12.1. The van der Waals surface area contributed by atoms with E-state index in [1.54, 1.807) is 19.1 Å². The van der Waals surface area contributed by atoms with E-state index in [0.29, 0.717) is 18.0 Å². The summed E-state index contributed by atoms with van der Waals surface area (Å²) in [5.41, 5.74) is 0. The van der Waals surface area contributed by atoms with Crippen LogP contribution in [0, 0.1) is 0 Å². The number of amides is 2. The van der Waals surface area contributed by atoms with Gasteiger partial charge < -0.3 is 20.1 Å². The number of rotatable bonds is 5. The highest BCUT2D eigenvalue weighted by Crippen LogP contribution is 2.30. The smallest absolute Gasteiger partial charge is 0.265 e. The third-order valence-corrected chi connectivity index (χ3v) is 3.10. The van der Waals surface area contributed by atoms with Crippen LogP contribution in [0.2, 0.25) is 0 Å². The zero-order chi connectivity index (χ0) is 15.2. The molecular weight excluding hydrogens is 272 g/mol. The number of para-hydroxylation sites is 2. The molecule has 2 amide bonds. The summed E-state index contributed by atoms with van der Waals surface area (Å²) >= 11 is 0. The fourth-order valence-electron chi connectivity index (χ4n) is 1.92. The molecule has 1 aromatic carbocycles. The molecule has 0 fully saturated rings. The summed E-state index contributed by atoms with van der Waals surface area (Å²) in [6, 6.07) is 6.56. The normalized spacial score (nSPS) is 17.7. The number of benzene rings is 1. The van der Waals surface area contributed by atoms with Crippen molar-refractivity contribution in [3.05, 3.63) is 24.3 Å². The summed E-state index contributed by atoms with van der Waals surface area (Å²) in [7, 11) is 0. The molecule has 0 aliphatic carbocycles. The third-order valence-electron chi connectivity index (χ3n) is 3.10. The van der Waals surface area contributed by atoms with Crippen molar-refractivity contribution >= 4 is 11.8 Å². The minimum absolute atomic E-state index is 0.131. The van der Waals surface area contributed by atoms with Crippen molar-refractivity contribution in [3.63, 3.8) is 0 Å². The number of nitrogens with one attached hydrogen (secondary N) is 2. The fraction of sp³-hybridized carbons (Fsp3) is 0.467. The number of ether oxygens (including phenoxy) is 2. The standard InChI is InChI=1S/C15H20N2O4/c1-3-8-16-14(18)10(2)17-15(19)13-9-20-11-6-4-5-7-12(11)21-13/h4-7,10,13H,3,8-9H2,1-2H3,(H,16,18)(H,17,19)/t10-,13-/m1/s1. The Morgan fingerprint density at radius 2 is 2.05 bits per heavy atom. The van der Waals surface area contributed by atoms with Crippen LogP contribution in [0.4, 0.5) is 0 Å². The van der Waals surface area contributed by atoms with Crippen LogP contribution in [0.5, 0.6) is 11.5 Å². The predicted octanol–water partition coefficient (Wildman–Crippen LogP) is 0.857. The van der Waals surface area contributed by atoms with Crippen LogP contribution in [0.1, 0.15) is 20.3 Å². The summed E-state index contributed by atoms with van der Waals surface area (Å²) in [6.45, 7) is 4.33. The van der Waals surface area contributed by atoms with Crippen molar-refractivity contribution < 1.29 is 19.1 Å². The van der Waals surface area contributed by atoms with E-state index in [2.05, 4.69) is 10.6 Å². The van der Waals surface area contributed by atoms with E-state index in [1.165, 1.54) is 0 Å². The Labute approximate surface area is 123 Å². The molecule has 21 heavy (non-hydrogen) atoms. The number of hydrogen-bond acceptors (Lipinski definition) is 4. The second kappa shape index (κ2) is 6.97. The van der Waals surface area contributed by atoms with E-state index in [4.69, 9.17) is 9.47 Å². The molecule has 6 nitrogen and oxygen atoms in total. The highest BCUT2D eigenvalue weighted by molar-refractivity contribution is 5.89. The van der Waals surface area contributed by atoms with Crippen LogP contribution in [0.25, 0.3) is 0 Å². The van der Waals surface area contributed by atoms with Crippen molar-refractivity contribution in [2.75, 3.05) is 13.2 Å². The second-order valence-corrected chi connectivity index (χ2v) is 4.89. The third kappa shape index (κ3) is 3.87. The highest BCUT2D eigenvalue weighted by Gasteiger charge is 2.29. The zero-order valence-corrected chi connectivity index (χ0v) is 12.2. The zero-order valence-electron chi connectivity index (χ0n) is 12.2. The Kier molecular flexibility index (Phi) is 5.03. The van der Waals surface area contributed by atoms with Gasteiger partial charge in [-0.1, -0.05) is 19.1 Å². The van der Waals surface area contributed by atoms with Gasteiger partial charge in [-0.15, -0.1) is 0 Å². The van der Waals surface area contributed by atoms with Gasteiger partial charge in [0.15, 0.2) is 11.5 Å². The molecule has 1 aromatic rings. The van der Waals surface area contributed by atoms with Crippen LogP contribution in [-0.2, 0) is 9.59 Å². The summed E-state index contributed by atoms with van der Waals surface area (Å²) < 4.78 is 11.1. The Morgan fingerprint density at radius 3 is 2.76 bits per heavy atom. The molecule has 2 rings (SSSR count). The quantitative estimate of drug-likeness (QED) is 0.844. The first-order chi connectivity index (χ1) is 10.1. The highest BCUT2D eigenvalue weighted by atomic mass is 16.6. The molecule has 1 aliphatic rings. The van der Waals surface area contributed by atoms with E-state index >= 15 is 0 Å². The van der Waals surface area contributed by atoms with Crippen molar-refractivity contribution in [2.45, 2.75) is 32.4 Å². The molecule has 0 bridgehead atoms. The topological polar surface area (TPSA) is 76.7 Å². The first-order valence-electron chi connectivity index (χ1n) is 7.08. The van der Waals surface area contributed by atoms with Crippen molar-refractivity contribution in [3.8, 4) is 11.5 Å². The lowest BCUT2D eigenvalue weighted by Gasteiger charge is -2.26. The van der Waals surface area contributed by atoms with Crippen LogP contribution < -0.4 is 20.1 Å². The SMILES string of the molecule is CCCNC(=O)[C@@H](C)NC(=O)[C@H]1COc2ccccc2O1. The molecule has 1 aliphatic heterocycles. The fourth-order valence-corrected chi connectivity index (χ4v) is 1.92. The molecule has 6 heteroatoms. The molecule has 0 saturated heterocycles. The summed E-state index contributed by atoms with van der Waals surface area (Å²) in [6.07, 6.45) is 0.101. The number of carbonyl (C=O) groups excluding carboxylic acids is 2. The van der Waals surface area contributed by atoms with Gasteiger partial charge in [-0.2, -0.15) is 0 Å². The first kappa shape index (κ1) is 15.2. The van der Waals surface area contributed by atoms with Crippen LogP contribution in [0.15, 0.2) is 24.3 Å². The predicted molar refractivity (Wildman–Crippen MR) is 77.3 cm³/mol. The molecule has 2 atom stereocenters. The van der Waals surface area contributed by atoms with Gasteiger partial charge in [0, 0.05) is 6.54 Å². The van der Waals surface area contributed by atoms with Crippen molar-refractivity contribution in [2.24, 2.45) is 0 Å². The lowest BCUT2D eigenvalue weighted by atomic mass is 10.2. The van der Waals surface area contributed by atoms with E-state index < -0.39 is 12.1 Å². The number of carbonyl (C=O) groups is 2. The summed E-state index contributed by atoms with van der Waals surface area (Å²) in [5, 5.41) is 5.36.